The summed E-state index contributed by atoms with van der Waals surface area (Å²) in [6.45, 7) is 8.98. The van der Waals surface area contributed by atoms with Gasteiger partial charge in [0, 0.05) is 6.04 Å². The molecule has 1 aromatic rings. The Balaban J connectivity index is 2.75. The molecule has 0 bridgehead atoms. The fourth-order valence-electron chi connectivity index (χ4n) is 2.53. The van der Waals surface area contributed by atoms with Crippen molar-refractivity contribution in [2.24, 2.45) is 0 Å². The second-order valence-corrected chi connectivity index (χ2v) is 7.36. The van der Waals surface area contributed by atoms with Gasteiger partial charge in [-0.1, -0.05) is 26.0 Å². The quantitative estimate of drug-likeness (QED) is 0.651. The minimum absolute atomic E-state index is 0.0443. The third-order valence-corrected chi connectivity index (χ3v) is 5.59. The molecule has 0 radical (unpaired) electrons. The molecule has 0 amide bonds. The van der Waals surface area contributed by atoms with Crippen LogP contribution in [0.5, 0.6) is 0 Å². The second-order valence-electron chi connectivity index (χ2n) is 5.68. The maximum Gasteiger partial charge on any atom is 0.339 e. The summed E-state index contributed by atoms with van der Waals surface area (Å²) < 4.78 is 32.4. The van der Waals surface area contributed by atoms with Gasteiger partial charge >= 0.3 is 5.97 Å². The first-order chi connectivity index (χ1) is 11.4. The zero-order chi connectivity index (χ0) is 18.2. The number of rotatable bonds is 10. The largest absolute Gasteiger partial charge is 0.465 e. The van der Waals surface area contributed by atoms with E-state index in [0.29, 0.717) is 0 Å². The summed E-state index contributed by atoms with van der Waals surface area (Å²) in [4.78, 5) is 14.0. The number of benzene rings is 1. The Hall–Kier alpha value is -1.44. The van der Waals surface area contributed by atoms with E-state index in [9.17, 15) is 13.2 Å². The van der Waals surface area contributed by atoms with Gasteiger partial charge in [-0.15, -0.1) is 0 Å². The molecule has 0 spiro atoms. The number of carbonyl (C=O) groups excluding carboxylic acids is 1. The van der Waals surface area contributed by atoms with Crippen molar-refractivity contribution in [3.05, 3.63) is 29.8 Å². The van der Waals surface area contributed by atoms with Gasteiger partial charge in [0.25, 0.3) is 0 Å². The molecule has 24 heavy (non-hydrogen) atoms. The van der Waals surface area contributed by atoms with Crippen LogP contribution in [0.3, 0.4) is 0 Å². The minimum Gasteiger partial charge on any atom is -0.465 e. The molecule has 0 aromatic heterocycles. The lowest BCUT2D eigenvalue weighted by Crippen LogP contribution is -2.34. The maximum absolute atomic E-state index is 12.6. The SMILES string of the molecule is CCN(CC)CCC[C@@H](C)NS(=O)(=O)c1ccccc1C(=O)OC. The van der Waals surface area contributed by atoms with E-state index >= 15 is 0 Å². The van der Waals surface area contributed by atoms with Crippen LogP contribution in [-0.2, 0) is 14.8 Å². The van der Waals surface area contributed by atoms with Crippen molar-refractivity contribution in [3.8, 4) is 0 Å². The number of hydrogen-bond donors (Lipinski definition) is 1. The fraction of sp³-hybridized carbons (Fsp3) is 0.588. The van der Waals surface area contributed by atoms with Crippen LogP contribution in [0, 0.1) is 0 Å². The molecule has 0 saturated carbocycles. The van der Waals surface area contributed by atoms with E-state index in [-0.39, 0.29) is 16.5 Å². The number of ether oxygens (including phenoxy) is 1. The average Bonchev–Trinajstić information content (AvgIpc) is 2.57. The van der Waals surface area contributed by atoms with Crippen LogP contribution in [0.4, 0.5) is 0 Å². The average molecular weight is 356 g/mol. The highest BCUT2D eigenvalue weighted by Gasteiger charge is 2.24. The molecule has 1 N–H and O–H groups in total. The van der Waals surface area contributed by atoms with E-state index in [2.05, 4.69) is 28.2 Å². The summed E-state index contributed by atoms with van der Waals surface area (Å²) >= 11 is 0. The van der Waals surface area contributed by atoms with Gasteiger partial charge in [0.2, 0.25) is 10.0 Å². The van der Waals surface area contributed by atoms with Gasteiger partial charge in [-0.3, -0.25) is 0 Å². The molecule has 0 saturated heterocycles. The van der Waals surface area contributed by atoms with Gasteiger partial charge in [0.1, 0.15) is 0 Å². The lowest BCUT2D eigenvalue weighted by molar-refractivity contribution is 0.0596. The lowest BCUT2D eigenvalue weighted by atomic mass is 10.2. The first kappa shape index (κ1) is 20.6. The number of esters is 1. The Bertz CT molecular complexity index is 627. The molecule has 1 aromatic carbocycles. The molecular formula is C17H28N2O4S. The molecule has 0 unspecified atom stereocenters. The smallest absolute Gasteiger partial charge is 0.339 e. The van der Waals surface area contributed by atoms with Gasteiger partial charge in [0.05, 0.1) is 17.6 Å². The number of carbonyl (C=O) groups is 1. The van der Waals surface area contributed by atoms with Crippen LogP contribution in [-0.4, -0.2) is 52.1 Å². The predicted molar refractivity (Wildman–Crippen MR) is 94.6 cm³/mol. The van der Waals surface area contributed by atoms with E-state index < -0.39 is 16.0 Å². The van der Waals surface area contributed by atoms with E-state index in [1.54, 1.807) is 12.1 Å². The maximum atomic E-state index is 12.6. The molecule has 0 heterocycles. The van der Waals surface area contributed by atoms with Crippen molar-refractivity contribution in [1.82, 2.24) is 9.62 Å². The van der Waals surface area contributed by atoms with E-state index in [4.69, 9.17) is 0 Å². The van der Waals surface area contributed by atoms with Crippen LogP contribution < -0.4 is 4.72 Å². The Morgan fingerprint density at radius 2 is 1.88 bits per heavy atom. The monoisotopic (exact) mass is 356 g/mol. The first-order valence-corrected chi connectivity index (χ1v) is 9.76. The fourth-order valence-corrected chi connectivity index (χ4v) is 4.00. The highest BCUT2D eigenvalue weighted by Crippen LogP contribution is 2.17. The van der Waals surface area contributed by atoms with Gasteiger partial charge in [-0.25, -0.2) is 17.9 Å². The van der Waals surface area contributed by atoms with Crippen LogP contribution in [0.25, 0.3) is 0 Å². The molecule has 6 nitrogen and oxygen atoms in total. The first-order valence-electron chi connectivity index (χ1n) is 8.27. The molecule has 1 rings (SSSR count). The van der Waals surface area contributed by atoms with Crippen molar-refractivity contribution < 1.29 is 17.9 Å². The number of sulfonamides is 1. The Kier molecular flexibility index (Phi) is 8.38. The van der Waals surface area contributed by atoms with Crippen molar-refractivity contribution >= 4 is 16.0 Å². The van der Waals surface area contributed by atoms with E-state index in [1.165, 1.54) is 19.2 Å². The van der Waals surface area contributed by atoms with E-state index in [1.807, 2.05) is 6.92 Å². The third-order valence-electron chi connectivity index (χ3n) is 3.94. The lowest BCUT2D eigenvalue weighted by Gasteiger charge is -2.20. The van der Waals surface area contributed by atoms with Gasteiger partial charge in [0.15, 0.2) is 0 Å². The Morgan fingerprint density at radius 1 is 1.25 bits per heavy atom. The third kappa shape index (κ3) is 5.89. The van der Waals surface area contributed by atoms with Crippen LogP contribution in [0.15, 0.2) is 29.2 Å². The summed E-state index contributed by atoms with van der Waals surface area (Å²) in [5.74, 6) is -0.662. The van der Waals surface area contributed by atoms with Crippen molar-refractivity contribution in [2.45, 2.75) is 44.6 Å². The number of methoxy groups -OCH3 is 1. The molecule has 0 fully saturated rings. The molecule has 0 aliphatic carbocycles. The second kappa shape index (κ2) is 9.76. The van der Waals surface area contributed by atoms with Crippen LogP contribution in [0.1, 0.15) is 44.0 Å². The summed E-state index contributed by atoms with van der Waals surface area (Å²) in [6.07, 6.45) is 1.64. The van der Waals surface area contributed by atoms with E-state index in [0.717, 1.165) is 32.5 Å². The van der Waals surface area contributed by atoms with Gasteiger partial charge < -0.3 is 9.64 Å². The number of nitrogens with zero attached hydrogens (tertiary/aromatic N) is 1. The predicted octanol–water partition coefficient (Wildman–Crippen LogP) is 2.26. The molecule has 7 heteroatoms. The summed E-state index contributed by atoms with van der Waals surface area (Å²) in [5.41, 5.74) is 0.0443. The molecule has 0 aliphatic rings. The van der Waals surface area contributed by atoms with Crippen LogP contribution in [0.2, 0.25) is 0 Å². The molecule has 136 valence electrons. The van der Waals surface area contributed by atoms with Crippen molar-refractivity contribution in [3.63, 3.8) is 0 Å². The zero-order valence-electron chi connectivity index (χ0n) is 14.9. The zero-order valence-corrected chi connectivity index (χ0v) is 15.7. The topological polar surface area (TPSA) is 75.7 Å². The highest BCUT2D eigenvalue weighted by molar-refractivity contribution is 7.89. The highest BCUT2D eigenvalue weighted by atomic mass is 32.2. The Morgan fingerprint density at radius 3 is 2.46 bits per heavy atom. The number of nitrogens with one attached hydrogen (secondary N) is 1. The van der Waals surface area contributed by atoms with Crippen LogP contribution >= 0.6 is 0 Å². The summed E-state index contributed by atoms with van der Waals surface area (Å²) in [6, 6.07) is 5.85. The molecular weight excluding hydrogens is 328 g/mol. The van der Waals surface area contributed by atoms with Gasteiger partial charge in [-0.2, -0.15) is 0 Å². The normalized spacial score (nSPS) is 13.0. The summed E-state index contributed by atoms with van der Waals surface area (Å²) in [7, 11) is -2.54. The van der Waals surface area contributed by atoms with Crippen molar-refractivity contribution in [2.75, 3.05) is 26.7 Å². The summed E-state index contributed by atoms with van der Waals surface area (Å²) in [5, 5.41) is 0. The van der Waals surface area contributed by atoms with Gasteiger partial charge in [-0.05, 0) is 51.5 Å². The molecule has 0 aliphatic heterocycles. The molecule has 1 atom stereocenters. The number of hydrogen-bond acceptors (Lipinski definition) is 5. The van der Waals surface area contributed by atoms with Crippen molar-refractivity contribution in [1.29, 1.82) is 0 Å². The standard InChI is InChI=1S/C17H28N2O4S/c1-5-19(6-2)13-9-10-14(3)18-24(21,22)16-12-8-7-11-15(16)17(20)23-4/h7-8,11-12,14,18H,5-6,9-10,13H2,1-4H3/t14-/m1/s1. The minimum atomic E-state index is -3.77. The Labute approximate surface area is 145 Å².